The number of aliphatic hydroxyl groups is 1. The van der Waals surface area contributed by atoms with Crippen molar-refractivity contribution in [3.05, 3.63) is 35.9 Å². The second-order valence-electron chi connectivity index (χ2n) is 5.08. The van der Waals surface area contributed by atoms with Crippen LogP contribution in [0.4, 0.5) is 0 Å². The first-order chi connectivity index (χ1) is 9.24. The monoisotopic (exact) mass is 263 g/mol. The molecular weight excluding hydrogens is 242 g/mol. The Labute approximate surface area is 113 Å². The summed E-state index contributed by atoms with van der Waals surface area (Å²) in [4.78, 5) is 12.0. The molecule has 1 aliphatic rings. The lowest BCUT2D eigenvalue weighted by Crippen LogP contribution is -2.54. The molecule has 0 spiro atoms. The van der Waals surface area contributed by atoms with E-state index >= 15 is 0 Å². The van der Waals surface area contributed by atoms with Crippen LogP contribution in [0.2, 0.25) is 0 Å². The van der Waals surface area contributed by atoms with Crippen molar-refractivity contribution in [2.45, 2.75) is 31.2 Å². The minimum atomic E-state index is -0.480. The maximum Gasteiger partial charge on any atom is 0.220 e. The molecule has 19 heavy (non-hydrogen) atoms. The third-order valence-corrected chi connectivity index (χ3v) is 3.64. The van der Waals surface area contributed by atoms with Gasteiger partial charge in [0.05, 0.1) is 12.1 Å². The number of nitrogens with one attached hydrogen (secondary N) is 1. The normalized spacial score (nSPS) is 17.9. The molecule has 0 aliphatic carbocycles. The smallest absolute Gasteiger partial charge is 0.220 e. The number of hydrogen-bond donors (Lipinski definition) is 2. The van der Waals surface area contributed by atoms with Crippen molar-refractivity contribution in [3.63, 3.8) is 0 Å². The molecule has 4 nitrogen and oxygen atoms in total. The molecule has 1 saturated heterocycles. The van der Waals surface area contributed by atoms with Gasteiger partial charge in [0.25, 0.3) is 0 Å². The van der Waals surface area contributed by atoms with Crippen molar-refractivity contribution in [2.75, 3.05) is 19.8 Å². The SMILES string of the molecule is O=C(CCc1ccccc1)NC1(CO)CCOCC1. The van der Waals surface area contributed by atoms with Crippen LogP contribution in [0.5, 0.6) is 0 Å². The van der Waals surface area contributed by atoms with Gasteiger partial charge in [-0.1, -0.05) is 30.3 Å². The van der Waals surface area contributed by atoms with Gasteiger partial charge in [-0.3, -0.25) is 4.79 Å². The maximum absolute atomic E-state index is 12.0. The highest BCUT2D eigenvalue weighted by Crippen LogP contribution is 2.20. The Morgan fingerprint density at radius 1 is 1.26 bits per heavy atom. The van der Waals surface area contributed by atoms with Crippen LogP contribution in [0.1, 0.15) is 24.8 Å². The quantitative estimate of drug-likeness (QED) is 0.841. The van der Waals surface area contributed by atoms with Crippen LogP contribution in [0.15, 0.2) is 30.3 Å². The highest BCUT2D eigenvalue weighted by atomic mass is 16.5. The molecule has 4 heteroatoms. The average Bonchev–Trinajstić information content (AvgIpc) is 2.47. The van der Waals surface area contributed by atoms with E-state index in [1.807, 2.05) is 30.3 Å². The number of aryl methyl sites for hydroxylation is 1. The first-order valence-electron chi connectivity index (χ1n) is 6.78. The molecule has 1 amide bonds. The zero-order valence-corrected chi connectivity index (χ0v) is 11.1. The molecule has 0 bridgehead atoms. The Morgan fingerprint density at radius 2 is 1.95 bits per heavy atom. The van der Waals surface area contributed by atoms with Gasteiger partial charge in [-0.15, -0.1) is 0 Å². The van der Waals surface area contributed by atoms with Crippen molar-refractivity contribution >= 4 is 5.91 Å². The van der Waals surface area contributed by atoms with E-state index in [4.69, 9.17) is 4.74 Å². The van der Waals surface area contributed by atoms with Gasteiger partial charge in [0.15, 0.2) is 0 Å². The summed E-state index contributed by atoms with van der Waals surface area (Å²) in [6.45, 7) is 1.17. The van der Waals surface area contributed by atoms with Gasteiger partial charge in [-0.25, -0.2) is 0 Å². The third-order valence-electron chi connectivity index (χ3n) is 3.64. The second-order valence-corrected chi connectivity index (χ2v) is 5.08. The topological polar surface area (TPSA) is 58.6 Å². The Balaban J connectivity index is 1.83. The minimum absolute atomic E-state index is 0.000182. The summed E-state index contributed by atoms with van der Waals surface area (Å²) in [5, 5.41) is 12.5. The summed E-state index contributed by atoms with van der Waals surface area (Å²) >= 11 is 0. The van der Waals surface area contributed by atoms with Crippen molar-refractivity contribution in [1.29, 1.82) is 0 Å². The Hall–Kier alpha value is -1.39. The molecule has 0 saturated carbocycles. The lowest BCUT2D eigenvalue weighted by atomic mass is 9.90. The predicted octanol–water partition coefficient (Wildman–Crippen LogP) is 1.28. The van der Waals surface area contributed by atoms with Crippen LogP contribution in [-0.2, 0) is 16.0 Å². The molecule has 1 fully saturated rings. The zero-order chi connectivity index (χ0) is 13.6. The number of rotatable bonds is 5. The summed E-state index contributed by atoms with van der Waals surface area (Å²) < 4.78 is 5.28. The Bertz CT molecular complexity index is 399. The Morgan fingerprint density at radius 3 is 2.58 bits per heavy atom. The van der Waals surface area contributed by atoms with Crippen molar-refractivity contribution in [2.24, 2.45) is 0 Å². The van der Waals surface area contributed by atoms with Gasteiger partial charge in [0, 0.05) is 19.6 Å². The molecule has 1 aromatic rings. The number of carbonyl (C=O) groups excluding carboxylic acids is 1. The molecule has 104 valence electrons. The average molecular weight is 263 g/mol. The van der Waals surface area contributed by atoms with E-state index in [2.05, 4.69) is 5.32 Å². The minimum Gasteiger partial charge on any atom is -0.394 e. The number of hydrogen-bond acceptors (Lipinski definition) is 3. The summed E-state index contributed by atoms with van der Waals surface area (Å²) in [5.41, 5.74) is 0.675. The standard InChI is InChI=1S/C15H21NO3/c17-12-15(8-10-19-11-9-15)16-14(18)7-6-13-4-2-1-3-5-13/h1-5,17H,6-12H2,(H,16,18). The molecule has 2 rings (SSSR count). The molecule has 0 atom stereocenters. The fourth-order valence-electron chi connectivity index (χ4n) is 2.35. The van der Waals surface area contributed by atoms with E-state index in [1.54, 1.807) is 0 Å². The molecule has 0 radical (unpaired) electrons. The number of amides is 1. The van der Waals surface area contributed by atoms with E-state index in [0.29, 0.717) is 32.5 Å². The number of benzene rings is 1. The van der Waals surface area contributed by atoms with Crippen LogP contribution in [0, 0.1) is 0 Å². The van der Waals surface area contributed by atoms with Crippen molar-refractivity contribution in [3.8, 4) is 0 Å². The predicted molar refractivity (Wildman–Crippen MR) is 72.8 cm³/mol. The van der Waals surface area contributed by atoms with Crippen LogP contribution in [-0.4, -0.2) is 36.4 Å². The largest absolute Gasteiger partial charge is 0.394 e. The highest BCUT2D eigenvalue weighted by Gasteiger charge is 2.33. The lowest BCUT2D eigenvalue weighted by Gasteiger charge is -2.36. The molecule has 1 heterocycles. The number of aliphatic hydroxyl groups excluding tert-OH is 1. The Kier molecular flexibility index (Phi) is 4.93. The molecule has 0 unspecified atom stereocenters. The molecule has 1 aliphatic heterocycles. The fraction of sp³-hybridized carbons (Fsp3) is 0.533. The van der Waals surface area contributed by atoms with E-state index < -0.39 is 5.54 Å². The van der Waals surface area contributed by atoms with Crippen LogP contribution in [0.25, 0.3) is 0 Å². The molecular formula is C15H21NO3. The highest BCUT2D eigenvalue weighted by molar-refractivity contribution is 5.77. The van der Waals surface area contributed by atoms with E-state index in [9.17, 15) is 9.90 Å². The molecule has 0 aromatic heterocycles. The third kappa shape index (κ3) is 4.04. The first kappa shape index (κ1) is 14.0. The van der Waals surface area contributed by atoms with Crippen LogP contribution >= 0.6 is 0 Å². The summed E-state index contributed by atoms with van der Waals surface area (Å²) in [5.74, 6) is -0.000182. The van der Waals surface area contributed by atoms with Gasteiger partial charge in [0.2, 0.25) is 5.91 Å². The second kappa shape index (κ2) is 6.68. The van der Waals surface area contributed by atoms with Gasteiger partial charge >= 0.3 is 0 Å². The molecule has 2 N–H and O–H groups in total. The van der Waals surface area contributed by atoms with E-state index in [1.165, 1.54) is 0 Å². The summed E-state index contributed by atoms with van der Waals surface area (Å²) in [6.07, 6.45) is 2.54. The van der Waals surface area contributed by atoms with Gasteiger partial charge in [-0.2, -0.15) is 0 Å². The fourth-order valence-corrected chi connectivity index (χ4v) is 2.35. The molecule has 1 aromatic carbocycles. The number of ether oxygens (including phenoxy) is 1. The van der Waals surface area contributed by atoms with E-state index in [-0.39, 0.29) is 12.5 Å². The maximum atomic E-state index is 12.0. The van der Waals surface area contributed by atoms with Crippen molar-refractivity contribution < 1.29 is 14.6 Å². The first-order valence-corrected chi connectivity index (χ1v) is 6.78. The summed E-state index contributed by atoms with van der Waals surface area (Å²) in [7, 11) is 0. The van der Waals surface area contributed by atoms with Crippen LogP contribution < -0.4 is 5.32 Å². The van der Waals surface area contributed by atoms with Gasteiger partial charge < -0.3 is 15.2 Å². The zero-order valence-electron chi connectivity index (χ0n) is 11.1. The van der Waals surface area contributed by atoms with Crippen molar-refractivity contribution in [1.82, 2.24) is 5.32 Å². The van der Waals surface area contributed by atoms with Gasteiger partial charge in [0.1, 0.15) is 0 Å². The summed E-state index contributed by atoms with van der Waals surface area (Å²) in [6, 6.07) is 9.95. The van der Waals surface area contributed by atoms with Gasteiger partial charge in [-0.05, 0) is 24.8 Å². The van der Waals surface area contributed by atoms with E-state index in [0.717, 1.165) is 12.0 Å². The van der Waals surface area contributed by atoms with Crippen LogP contribution in [0.3, 0.4) is 0 Å². The number of carbonyl (C=O) groups is 1. The lowest BCUT2D eigenvalue weighted by molar-refractivity contribution is -0.125.